The van der Waals surface area contributed by atoms with E-state index in [0.29, 0.717) is 23.3 Å². The van der Waals surface area contributed by atoms with Crippen molar-refractivity contribution in [1.82, 2.24) is 15.2 Å². The fourth-order valence-corrected chi connectivity index (χ4v) is 5.42. The Morgan fingerprint density at radius 1 is 1.18 bits per heavy atom. The second kappa shape index (κ2) is 10.8. The molecule has 2 fully saturated rings. The molecule has 1 saturated carbocycles. The van der Waals surface area contributed by atoms with Gasteiger partial charge in [-0.1, -0.05) is 6.07 Å². The molecule has 1 aliphatic heterocycles. The van der Waals surface area contributed by atoms with Crippen LogP contribution in [0.4, 0.5) is 4.39 Å². The summed E-state index contributed by atoms with van der Waals surface area (Å²) in [7, 11) is 5.40. The normalized spacial score (nSPS) is 24.1. The highest BCUT2D eigenvalue weighted by Crippen LogP contribution is 2.41. The monoisotopic (exact) mass is 469 g/mol. The number of aromatic nitrogens is 1. The molecule has 1 aromatic carbocycles. The Labute approximate surface area is 201 Å². The Morgan fingerprint density at radius 2 is 1.91 bits per heavy atom. The summed E-state index contributed by atoms with van der Waals surface area (Å²) >= 11 is 0. The average molecular weight is 470 g/mol. The number of halogens is 1. The molecule has 184 valence electrons. The predicted octanol–water partition coefficient (Wildman–Crippen LogP) is 4.22. The second-order valence-corrected chi connectivity index (χ2v) is 9.84. The Balaban J connectivity index is 1.59. The number of hydrogen-bond donors (Lipinski definition) is 1. The Kier molecular flexibility index (Phi) is 7.84. The number of carbonyl (C=O) groups excluding carboxylic acids is 1. The van der Waals surface area contributed by atoms with Crippen molar-refractivity contribution >= 4 is 5.91 Å². The van der Waals surface area contributed by atoms with E-state index in [1.807, 2.05) is 6.07 Å². The zero-order valence-corrected chi connectivity index (χ0v) is 20.5. The molecule has 1 aliphatic carbocycles. The summed E-state index contributed by atoms with van der Waals surface area (Å²) in [5, 5.41) is 3.37. The molecule has 0 unspecified atom stereocenters. The lowest BCUT2D eigenvalue weighted by Gasteiger charge is -2.40. The minimum Gasteiger partial charge on any atom is -0.496 e. The maximum absolute atomic E-state index is 14.7. The fourth-order valence-electron chi connectivity index (χ4n) is 5.42. The van der Waals surface area contributed by atoms with Gasteiger partial charge in [-0.2, -0.15) is 0 Å². The van der Waals surface area contributed by atoms with Crippen molar-refractivity contribution in [2.75, 3.05) is 34.4 Å². The van der Waals surface area contributed by atoms with Gasteiger partial charge in [0.05, 0.1) is 24.2 Å². The van der Waals surface area contributed by atoms with Crippen molar-refractivity contribution in [3.8, 4) is 16.9 Å². The molecule has 0 radical (unpaired) electrons. The fraction of sp³-hybridized carbons (Fsp3) is 0.556. The molecule has 7 heteroatoms. The van der Waals surface area contributed by atoms with Crippen molar-refractivity contribution in [2.24, 2.45) is 5.41 Å². The molecule has 1 N–H and O–H groups in total. The van der Waals surface area contributed by atoms with E-state index in [9.17, 15) is 9.18 Å². The quantitative estimate of drug-likeness (QED) is 0.658. The van der Waals surface area contributed by atoms with Gasteiger partial charge in [0.25, 0.3) is 0 Å². The number of nitrogens with one attached hydrogen (secondary N) is 1. The summed E-state index contributed by atoms with van der Waals surface area (Å²) in [5.74, 6) is 0.244. The van der Waals surface area contributed by atoms with Gasteiger partial charge in [-0.15, -0.1) is 0 Å². The van der Waals surface area contributed by atoms with E-state index in [1.54, 1.807) is 31.6 Å². The van der Waals surface area contributed by atoms with E-state index in [4.69, 9.17) is 9.47 Å². The minimum atomic E-state index is -0.516. The number of ether oxygens (including phenoxy) is 2. The number of amides is 1. The first-order valence-electron chi connectivity index (χ1n) is 12.2. The van der Waals surface area contributed by atoms with Gasteiger partial charge in [0, 0.05) is 31.1 Å². The van der Waals surface area contributed by atoms with E-state index >= 15 is 0 Å². The number of nitrogens with zero attached hydrogens (tertiary/aromatic N) is 2. The number of methoxy groups -OCH3 is 2. The highest BCUT2D eigenvalue weighted by molar-refractivity contribution is 5.83. The number of carbonyl (C=O) groups is 1. The molecular weight excluding hydrogens is 433 g/mol. The third-order valence-electron chi connectivity index (χ3n) is 7.58. The predicted molar refractivity (Wildman–Crippen MR) is 130 cm³/mol. The number of benzene rings is 1. The summed E-state index contributed by atoms with van der Waals surface area (Å²) in [6, 6.07) is 6.96. The molecule has 0 bridgehead atoms. The van der Waals surface area contributed by atoms with Gasteiger partial charge in [0.15, 0.2) is 0 Å². The van der Waals surface area contributed by atoms with Crippen LogP contribution in [0.2, 0.25) is 0 Å². The van der Waals surface area contributed by atoms with E-state index in [-0.39, 0.29) is 23.9 Å². The molecule has 2 aromatic rings. The van der Waals surface area contributed by atoms with Gasteiger partial charge in [0.2, 0.25) is 5.91 Å². The zero-order chi connectivity index (χ0) is 24.1. The lowest BCUT2D eigenvalue weighted by atomic mass is 9.68. The summed E-state index contributed by atoms with van der Waals surface area (Å²) in [6.07, 6.45) is 9.38. The summed E-state index contributed by atoms with van der Waals surface area (Å²) in [5.41, 5.74) is 1.46. The number of pyridine rings is 1. The van der Waals surface area contributed by atoms with Gasteiger partial charge in [0.1, 0.15) is 11.6 Å². The average Bonchev–Trinajstić information content (AvgIpc) is 2.85. The van der Waals surface area contributed by atoms with Gasteiger partial charge in [-0.25, -0.2) is 4.39 Å². The van der Waals surface area contributed by atoms with Gasteiger partial charge >= 0.3 is 0 Å². The molecule has 1 amide bonds. The summed E-state index contributed by atoms with van der Waals surface area (Å²) in [4.78, 5) is 20.4. The van der Waals surface area contributed by atoms with Crippen LogP contribution >= 0.6 is 0 Å². The molecule has 2 aliphatic rings. The topological polar surface area (TPSA) is 63.7 Å². The van der Waals surface area contributed by atoms with Crippen LogP contribution < -0.4 is 10.1 Å². The van der Waals surface area contributed by atoms with E-state index in [1.165, 1.54) is 13.2 Å². The van der Waals surface area contributed by atoms with Crippen molar-refractivity contribution < 1.29 is 18.7 Å². The third-order valence-corrected chi connectivity index (χ3v) is 7.58. The van der Waals surface area contributed by atoms with Crippen LogP contribution in [0.1, 0.15) is 44.1 Å². The van der Waals surface area contributed by atoms with Crippen molar-refractivity contribution in [1.29, 1.82) is 0 Å². The minimum absolute atomic E-state index is 0.130. The number of piperidine rings is 1. The molecule has 4 rings (SSSR count). The van der Waals surface area contributed by atoms with Gasteiger partial charge in [-0.3, -0.25) is 9.78 Å². The lowest BCUT2D eigenvalue weighted by molar-refractivity contribution is -0.135. The number of hydrogen-bond acceptors (Lipinski definition) is 5. The van der Waals surface area contributed by atoms with Crippen LogP contribution in [0, 0.1) is 11.2 Å². The van der Waals surface area contributed by atoms with E-state index in [0.717, 1.165) is 57.2 Å². The lowest BCUT2D eigenvalue weighted by Crippen LogP contribution is -2.51. The molecule has 1 saturated heterocycles. The first kappa shape index (κ1) is 24.6. The molecule has 6 nitrogen and oxygen atoms in total. The van der Waals surface area contributed by atoms with Crippen LogP contribution in [-0.4, -0.2) is 62.3 Å². The van der Waals surface area contributed by atoms with E-state index < -0.39 is 5.41 Å². The van der Waals surface area contributed by atoms with Crippen molar-refractivity contribution in [2.45, 2.75) is 57.1 Å². The molecule has 1 aromatic heterocycles. The first-order valence-corrected chi connectivity index (χ1v) is 12.2. The molecule has 0 atom stereocenters. The van der Waals surface area contributed by atoms with Crippen LogP contribution in [0.15, 0.2) is 36.7 Å². The maximum Gasteiger partial charge on any atom is 0.226 e. The number of rotatable bonds is 7. The highest BCUT2D eigenvalue weighted by atomic mass is 19.1. The number of likely N-dealkylation sites (tertiary alicyclic amines) is 1. The van der Waals surface area contributed by atoms with E-state index in [2.05, 4.69) is 22.2 Å². The van der Waals surface area contributed by atoms with Crippen molar-refractivity contribution in [3.05, 3.63) is 48.0 Å². The Morgan fingerprint density at radius 3 is 2.59 bits per heavy atom. The van der Waals surface area contributed by atoms with Crippen LogP contribution in [0.5, 0.6) is 5.75 Å². The molecule has 2 heterocycles. The standard InChI is InChI=1S/C27H36FN3O3/c1-31-13-9-21(10-14-31)30-26(32)27(11-7-22(33-2)8-12-27)16-19-15-20(18-29-17-19)25-23(28)5-4-6-24(25)34-3/h4-6,15,17-18,21-22H,7-14,16H2,1-3H3,(H,30,32). The van der Waals surface area contributed by atoms with Crippen LogP contribution in [0.25, 0.3) is 11.1 Å². The third kappa shape index (κ3) is 5.41. The molecule has 34 heavy (non-hydrogen) atoms. The summed E-state index contributed by atoms with van der Waals surface area (Å²) < 4.78 is 25.7. The summed E-state index contributed by atoms with van der Waals surface area (Å²) in [6.45, 7) is 2.00. The molecule has 0 spiro atoms. The maximum atomic E-state index is 14.7. The highest BCUT2D eigenvalue weighted by Gasteiger charge is 2.43. The van der Waals surface area contributed by atoms with Gasteiger partial charge < -0.3 is 19.7 Å². The van der Waals surface area contributed by atoms with Gasteiger partial charge in [-0.05, 0) is 88.8 Å². The largest absolute Gasteiger partial charge is 0.496 e. The SMILES string of the molecule is COc1cccc(F)c1-c1cncc(CC2(C(=O)NC3CCN(C)CC3)CCC(OC)CC2)c1. The van der Waals surface area contributed by atoms with Crippen LogP contribution in [-0.2, 0) is 16.0 Å². The first-order chi connectivity index (χ1) is 16.4. The smallest absolute Gasteiger partial charge is 0.226 e. The Bertz CT molecular complexity index is 983. The van der Waals surface area contributed by atoms with Crippen molar-refractivity contribution in [3.63, 3.8) is 0 Å². The Hall–Kier alpha value is -2.51. The van der Waals surface area contributed by atoms with Crippen LogP contribution in [0.3, 0.4) is 0 Å². The molecular formula is C27H36FN3O3. The zero-order valence-electron chi connectivity index (χ0n) is 20.5. The second-order valence-electron chi connectivity index (χ2n) is 9.84.